The lowest BCUT2D eigenvalue weighted by Crippen LogP contribution is -2.44. The molecule has 0 aromatic heterocycles. The number of carbonyl (C=O) groups excluding carboxylic acids is 1. The number of halogens is 1. The van der Waals surface area contributed by atoms with Crippen LogP contribution in [-0.4, -0.2) is 41.0 Å². The fourth-order valence-electron chi connectivity index (χ4n) is 2.60. The van der Waals surface area contributed by atoms with E-state index in [1.54, 1.807) is 0 Å². The Balaban J connectivity index is 2.76. The number of rotatable bonds is 5. The van der Waals surface area contributed by atoms with Crippen molar-refractivity contribution in [3.05, 3.63) is 0 Å². The van der Waals surface area contributed by atoms with Crippen molar-refractivity contribution in [2.45, 2.75) is 77.8 Å². The van der Waals surface area contributed by atoms with Gasteiger partial charge in [-0.2, -0.15) is 0 Å². The molecular weight excluding hydrogens is 274 g/mol. The van der Waals surface area contributed by atoms with Crippen LogP contribution >= 0.6 is 11.6 Å². The van der Waals surface area contributed by atoms with Gasteiger partial charge in [0.2, 0.25) is 0 Å². The Kier molecular flexibility index (Phi) is 5.91. The number of alkyl halides is 1. The Labute approximate surface area is 129 Å². The number of esters is 1. The minimum Gasteiger partial charge on any atom is -0.459 e. The topological polar surface area (TPSA) is 29.5 Å². The first kappa shape index (κ1) is 17.8. The van der Waals surface area contributed by atoms with Gasteiger partial charge in [-0.25, -0.2) is 0 Å². The van der Waals surface area contributed by atoms with Gasteiger partial charge in [-0.05, 0) is 45.4 Å². The number of hydrogen-bond acceptors (Lipinski definition) is 3. The Bertz CT molecular complexity index is 334. The van der Waals surface area contributed by atoms with Crippen LogP contribution in [0.1, 0.15) is 60.8 Å². The third-order valence-electron chi connectivity index (χ3n) is 4.32. The van der Waals surface area contributed by atoms with Crippen molar-refractivity contribution < 1.29 is 9.53 Å². The molecule has 0 N–H and O–H groups in total. The SMILES string of the molecule is CCC(C)(CC)CN1CC(Cl)CC1C(=O)OC(C)(C)C. The van der Waals surface area contributed by atoms with Gasteiger partial charge in [0.15, 0.2) is 0 Å². The average molecular weight is 304 g/mol. The molecule has 0 spiro atoms. The van der Waals surface area contributed by atoms with Gasteiger partial charge < -0.3 is 4.74 Å². The number of ether oxygens (including phenoxy) is 1. The highest BCUT2D eigenvalue weighted by Crippen LogP contribution is 2.32. The van der Waals surface area contributed by atoms with E-state index in [1.165, 1.54) is 0 Å². The van der Waals surface area contributed by atoms with Crippen molar-refractivity contribution in [1.29, 1.82) is 0 Å². The molecule has 1 saturated heterocycles. The minimum absolute atomic E-state index is 0.0467. The lowest BCUT2D eigenvalue weighted by Gasteiger charge is -2.35. The quantitative estimate of drug-likeness (QED) is 0.571. The van der Waals surface area contributed by atoms with Gasteiger partial charge in [-0.1, -0.05) is 20.8 Å². The lowest BCUT2D eigenvalue weighted by molar-refractivity contribution is -0.160. The molecule has 2 unspecified atom stereocenters. The Morgan fingerprint density at radius 1 is 1.25 bits per heavy atom. The Morgan fingerprint density at radius 3 is 2.25 bits per heavy atom. The van der Waals surface area contributed by atoms with Gasteiger partial charge in [0.25, 0.3) is 0 Å². The monoisotopic (exact) mass is 303 g/mol. The van der Waals surface area contributed by atoms with Crippen LogP contribution in [0.25, 0.3) is 0 Å². The predicted octanol–water partition coefficient (Wildman–Crippen LogP) is 3.84. The van der Waals surface area contributed by atoms with E-state index in [1.807, 2.05) is 20.8 Å². The van der Waals surface area contributed by atoms with Crippen LogP contribution in [-0.2, 0) is 9.53 Å². The third-order valence-corrected chi connectivity index (χ3v) is 4.64. The fourth-order valence-corrected chi connectivity index (χ4v) is 2.95. The zero-order chi connectivity index (χ0) is 15.6. The highest BCUT2D eigenvalue weighted by molar-refractivity contribution is 6.21. The molecule has 0 radical (unpaired) electrons. The third kappa shape index (κ3) is 4.92. The van der Waals surface area contributed by atoms with Gasteiger partial charge >= 0.3 is 5.97 Å². The second-order valence-electron chi connectivity index (χ2n) is 7.33. The van der Waals surface area contributed by atoms with E-state index >= 15 is 0 Å². The normalized spacial score (nSPS) is 24.9. The standard InChI is InChI=1S/C16H30ClNO2/c1-7-16(6,8-2)11-18-10-12(17)9-13(18)14(19)20-15(3,4)5/h12-13H,7-11H2,1-6H3. The predicted molar refractivity (Wildman–Crippen MR) is 84.2 cm³/mol. The van der Waals surface area contributed by atoms with E-state index in [-0.39, 0.29) is 22.8 Å². The van der Waals surface area contributed by atoms with E-state index in [4.69, 9.17) is 16.3 Å². The summed E-state index contributed by atoms with van der Waals surface area (Å²) in [5, 5.41) is 0.0467. The molecule has 2 atom stereocenters. The van der Waals surface area contributed by atoms with Crippen LogP contribution < -0.4 is 0 Å². The largest absolute Gasteiger partial charge is 0.459 e. The Hall–Kier alpha value is -0.280. The summed E-state index contributed by atoms with van der Waals surface area (Å²) >= 11 is 6.28. The van der Waals surface area contributed by atoms with Crippen molar-refractivity contribution in [2.75, 3.05) is 13.1 Å². The lowest BCUT2D eigenvalue weighted by atomic mass is 9.84. The zero-order valence-electron chi connectivity index (χ0n) is 13.8. The van der Waals surface area contributed by atoms with Crippen molar-refractivity contribution in [3.63, 3.8) is 0 Å². The summed E-state index contributed by atoms with van der Waals surface area (Å²) in [6.07, 6.45) is 2.90. The van der Waals surface area contributed by atoms with E-state index in [0.717, 1.165) is 25.9 Å². The maximum Gasteiger partial charge on any atom is 0.323 e. The zero-order valence-corrected chi connectivity index (χ0v) is 14.6. The summed E-state index contributed by atoms with van der Waals surface area (Å²) in [4.78, 5) is 14.6. The van der Waals surface area contributed by atoms with Crippen LogP contribution in [0, 0.1) is 5.41 Å². The highest BCUT2D eigenvalue weighted by Gasteiger charge is 2.40. The summed E-state index contributed by atoms with van der Waals surface area (Å²) in [5.41, 5.74) is -0.201. The van der Waals surface area contributed by atoms with E-state index in [9.17, 15) is 4.79 Å². The molecule has 0 aromatic rings. The molecule has 0 amide bonds. The molecule has 0 aliphatic carbocycles. The fraction of sp³-hybridized carbons (Fsp3) is 0.938. The molecule has 0 aromatic carbocycles. The summed E-state index contributed by atoms with van der Waals surface area (Å²) in [7, 11) is 0. The minimum atomic E-state index is -0.439. The van der Waals surface area contributed by atoms with Gasteiger partial charge in [-0.15, -0.1) is 11.6 Å². The number of carbonyl (C=O) groups is 1. The van der Waals surface area contributed by atoms with Gasteiger partial charge in [0, 0.05) is 18.5 Å². The smallest absolute Gasteiger partial charge is 0.323 e. The van der Waals surface area contributed by atoms with Crippen LogP contribution in [0.15, 0.2) is 0 Å². The first-order chi connectivity index (χ1) is 9.10. The highest BCUT2D eigenvalue weighted by atomic mass is 35.5. The van der Waals surface area contributed by atoms with Crippen LogP contribution in [0.4, 0.5) is 0 Å². The van der Waals surface area contributed by atoms with Gasteiger partial charge in [0.1, 0.15) is 11.6 Å². The van der Waals surface area contributed by atoms with Gasteiger partial charge in [0.05, 0.1) is 0 Å². The van der Waals surface area contributed by atoms with E-state index in [0.29, 0.717) is 6.42 Å². The number of nitrogens with zero attached hydrogens (tertiary/aromatic N) is 1. The maximum atomic E-state index is 12.4. The first-order valence-corrected chi connectivity index (χ1v) is 8.15. The van der Waals surface area contributed by atoms with Crippen LogP contribution in [0.2, 0.25) is 0 Å². The molecule has 1 heterocycles. The molecule has 118 valence electrons. The molecule has 1 aliphatic heterocycles. The molecular formula is C16H30ClNO2. The Morgan fingerprint density at radius 2 is 1.80 bits per heavy atom. The molecule has 1 rings (SSSR count). The first-order valence-electron chi connectivity index (χ1n) is 7.71. The average Bonchev–Trinajstić information content (AvgIpc) is 2.68. The van der Waals surface area contributed by atoms with Crippen molar-refractivity contribution >= 4 is 17.6 Å². The second-order valence-corrected chi connectivity index (χ2v) is 7.95. The van der Waals surface area contributed by atoms with Crippen LogP contribution in [0.5, 0.6) is 0 Å². The molecule has 20 heavy (non-hydrogen) atoms. The van der Waals surface area contributed by atoms with Crippen LogP contribution in [0.3, 0.4) is 0 Å². The molecule has 1 aliphatic rings. The number of likely N-dealkylation sites (tertiary alicyclic amines) is 1. The van der Waals surface area contributed by atoms with Gasteiger partial charge in [-0.3, -0.25) is 9.69 Å². The van der Waals surface area contributed by atoms with Crippen molar-refractivity contribution in [1.82, 2.24) is 4.90 Å². The molecule has 1 fully saturated rings. The summed E-state index contributed by atoms with van der Waals surface area (Å²) < 4.78 is 5.54. The number of hydrogen-bond donors (Lipinski definition) is 0. The van der Waals surface area contributed by atoms with Crippen molar-refractivity contribution in [3.8, 4) is 0 Å². The summed E-state index contributed by atoms with van der Waals surface area (Å²) in [6.45, 7) is 14.1. The molecule has 0 bridgehead atoms. The maximum absolute atomic E-state index is 12.4. The molecule has 4 heteroatoms. The van der Waals surface area contributed by atoms with E-state index in [2.05, 4.69) is 25.7 Å². The van der Waals surface area contributed by atoms with E-state index < -0.39 is 5.60 Å². The van der Waals surface area contributed by atoms with Crippen molar-refractivity contribution in [2.24, 2.45) is 5.41 Å². The summed E-state index contributed by atoms with van der Waals surface area (Å²) in [5.74, 6) is -0.129. The second kappa shape index (κ2) is 6.65. The molecule has 3 nitrogen and oxygen atoms in total. The molecule has 0 saturated carbocycles. The summed E-state index contributed by atoms with van der Waals surface area (Å²) in [6, 6.07) is -0.186.